The maximum absolute atomic E-state index is 10.8. The summed E-state index contributed by atoms with van der Waals surface area (Å²) in [5, 5.41) is 9.69. The van der Waals surface area contributed by atoms with Crippen LogP contribution in [-0.4, -0.2) is 11.1 Å². The van der Waals surface area contributed by atoms with Gasteiger partial charge in [0.05, 0.1) is 4.70 Å². The van der Waals surface area contributed by atoms with E-state index in [1.807, 2.05) is 12.1 Å². The average molecular weight is 233 g/mol. The fourth-order valence-electron chi connectivity index (χ4n) is 1.68. The van der Waals surface area contributed by atoms with Gasteiger partial charge in [0.25, 0.3) is 0 Å². The highest BCUT2D eigenvalue weighted by Gasteiger charge is 2.15. The highest BCUT2D eigenvalue weighted by Crippen LogP contribution is 2.36. The van der Waals surface area contributed by atoms with Crippen LogP contribution in [0.4, 0.5) is 5.69 Å². The van der Waals surface area contributed by atoms with E-state index in [0.29, 0.717) is 11.3 Å². The molecule has 0 saturated heterocycles. The van der Waals surface area contributed by atoms with Crippen LogP contribution in [0.5, 0.6) is 0 Å². The number of fused-ring (bicyclic) bond motifs is 3. The van der Waals surface area contributed by atoms with Crippen LogP contribution in [0, 0.1) is 0 Å². The zero-order chi connectivity index (χ0) is 11.3. The number of carbonyl (C=O) groups is 1. The van der Waals surface area contributed by atoms with Gasteiger partial charge in [-0.15, -0.1) is 11.3 Å². The fraction of sp³-hybridized carbons (Fsp3) is 0. The van der Waals surface area contributed by atoms with Gasteiger partial charge < -0.3 is 15.3 Å². The minimum atomic E-state index is -1.06. The van der Waals surface area contributed by atoms with Crippen molar-refractivity contribution in [2.24, 2.45) is 0 Å². The summed E-state index contributed by atoms with van der Waals surface area (Å²) in [5.41, 5.74) is 6.93. The number of benzene rings is 1. The summed E-state index contributed by atoms with van der Waals surface area (Å²) in [6.07, 6.45) is 0. The Balaban J connectivity index is 2.40. The van der Waals surface area contributed by atoms with Gasteiger partial charge in [-0.2, -0.15) is 0 Å². The smallest absolute Gasteiger partial charge is 0.371 e. The van der Waals surface area contributed by atoms with Gasteiger partial charge in [0.15, 0.2) is 5.58 Å². The van der Waals surface area contributed by atoms with Crippen LogP contribution >= 0.6 is 11.3 Å². The molecule has 0 saturated carbocycles. The summed E-state index contributed by atoms with van der Waals surface area (Å²) in [6, 6.07) is 7.06. The molecule has 5 heteroatoms. The summed E-state index contributed by atoms with van der Waals surface area (Å²) >= 11 is 1.50. The second-order valence-corrected chi connectivity index (χ2v) is 4.55. The molecule has 0 fully saturated rings. The van der Waals surface area contributed by atoms with Crippen LogP contribution in [0.1, 0.15) is 10.6 Å². The van der Waals surface area contributed by atoms with Gasteiger partial charge in [0.1, 0.15) is 0 Å². The molecular weight excluding hydrogens is 226 g/mol. The van der Waals surface area contributed by atoms with Gasteiger partial charge >= 0.3 is 5.97 Å². The van der Waals surface area contributed by atoms with Gasteiger partial charge in [-0.1, -0.05) is 0 Å². The molecule has 3 rings (SSSR count). The molecule has 0 bridgehead atoms. The van der Waals surface area contributed by atoms with Gasteiger partial charge in [-0.05, 0) is 18.2 Å². The number of thiophene rings is 1. The third-order valence-electron chi connectivity index (χ3n) is 2.38. The van der Waals surface area contributed by atoms with Crippen LogP contribution in [0.25, 0.3) is 20.4 Å². The van der Waals surface area contributed by atoms with Crippen molar-refractivity contribution >= 4 is 43.4 Å². The predicted molar refractivity (Wildman–Crippen MR) is 63.0 cm³/mol. The number of carboxylic acids is 1. The van der Waals surface area contributed by atoms with Crippen molar-refractivity contribution in [3.8, 4) is 0 Å². The first kappa shape index (κ1) is 9.23. The number of hydrogen-bond donors (Lipinski definition) is 2. The van der Waals surface area contributed by atoms with E-state index in [2.05, 4.69) is 0 Å². The van der Waals surface area contributed by atoms with Crippen molar-refractivity contribution in [2.45, 2.75) is 0 Å². The second kappa shape index (κ2) is 2.99. The van der Waals surface area contributed by atoms with E-state index in [1.54, 1.807) is 12.1 Å². The van der Waals surface area contributed by atoms with E-state index in [-0.39, 0.29) is 5.76 Å². The Hall–Kier alpha value is -2.01. The number of carboxylic acid groups (broad SMARTS) is 1. The number of furan rings is 1. The lowest BCUT2D eigenvalue weighted by molar-refractivity contribution is 0.0665. The molecule has 80 valence electrons. The second-order valence-electron chi connectivity index (χ2n) is 3.47. The molecule has 3 aromatic rings. The van der Waals surface area contributed by atoms with Gasteiger partial charge in [0, 0.05) is 21.8 Å². The van der Waals surface area contributed by atoms with Crippen LogP contribution in [0.2, 0.25) is 0 Å². The Morgan fingerprint density at radius 3 is 2.88 bits per heavy atom. The molecule has 16 heavy (non-hydrogen) atoms. The Kier molecular flexibility index (Phi) is 1.73. The summed E-state index contributed by atoms with van der Waals surface area (Å²) in [6.45, 7) is 0. The number of nitrogen functional groups attached to an aromatic ring is 1. The van der Waals surface area contributed by atoms with Crippen molar-refractivity contribution in [2.75, 3.05) is 5.73 Å². The first-order valence-electron chi connectivity index (χ1n) is 4.60. The minimum Gasteiger partial charge on any atom is -0.475 e. The zero-order valence-corrected chi connectivity index (χ0v) is 8.88. The third kappa shape index (κ3) is 1.18. The number of aromatic carboxylic acids is 1. The molecule has 2 heterocycles. The predicted octanol–water partition coefficient (Wildman–Crippen LogP) is 2.93. The van der Waals surface area contributed by atoms with E-state index in [0.717, 1.165) is 14.8 Å². The molecular formula is C11H7NO3S. The molecule has 0 unspecified atom stereocenters. The fourth-order valence-corrected chi connectivity index (χ4v) is 2.72. The molecule has 0 aliphatic heterocycles. The summed E-state index contributed by atoms with van der Waals surface area (Å²) in [5.74, 6) is -1.09. The lowest BCUT2D eigenvalue weighted by Crippen LogP contribution is -1.91. The highest BCUT2D eigenvalue weighted by atomic mass is 32.1. The standard InChI is InChI=1S/C11H7NO3S/c12-5-1-2-8-6(3-5)10-9(16-8)4-7(15-10)11(13)14/h1-4H,12H2,(H,13,14). The van der Waals surface area contributed by atoms with Crippen LogP contribution in [0.3, 0.4) is 0 Å². The Morgan fingerprint density at radius 1 is 1.31 bits per heavy atom. The van der Waals surface area contributed by atoms with Crippen molar-refractivity contribution in [3.63, 3.8) is 0 Å². The topological polar surface area (TPSA) is 76.5 Å². The Labute approximate surface area is 93.9 Å². The lowest BCUT2D eigenvalue weighted by Gasteiger charge is -1.92. The van der Waals surface area contributed by atoms with E-state index in [9.17, 15) is 4.79 Å². The molecule has 0 atom stereocenters. The van der Waals surface area contributed by atoms with E-state index < -0.39 is 5.97 Å². The van der Waals surface area contributed by atoms with Crippen LogP contribution in [-0.2, 0) is 0 Å². The lowest BCUT2D eigenvalue weighted by atomic mass is 10.2. The maximum atomic E-state index is 10.8. The first-order chi connectivity index (χ1) is 7.65. The molecule has 0 aliphatic rings. The molecule has 3 N–H and O–H groups in total. The molecule has 0 aliphatic carbocycles. The van der Waals surface area contributed by atoms with Crippen LogP contribution in [0.15, 0.2) is 28.7 Å². The minimum absolute atomic E-state index is 0.0365. The summed E-state index contributed by atoms with van der Waals surface area (Å²) in [7, 11) is 0. The van der Waals surface area contributed by atoms with E-state index in [4.69, 9.17) is 15.3 Å². The average Bonchev–Trinajstić information content (AvgIpc) is 2.75. The van der Waals surface area contributed by atoms with Gasteiger partial charge in [-0.3, -0.25) is 0 Å². The first-order valence-corrected chi connectivity index (χ1v) is 5.41. The normalized spacial score (nSPS) is 11.2. The monoisotopic (exact) mass is 233 g/mol. The third-order valence-corrected chi connectivity index (χ3v) is 3.48. The molecule has 4 nitrogen and oxygen atoms in total. The maximum Gasteiger partial charge on any atom is 0.371 e. The molecule has 0 amide bonds. The quantitative estimate of drug-likeness (QED) is 0.633. The number of hydrogen-bond acceptors (Lipinski definition) is 4. The number of nitrogens with two attached hydrogens (primary N) is 1. The van der Waals surface area contributed by atoms with E-state index in [1.165, 1.54) is 11.3 Å². The van der Waals surface area contributed by atoms with E-state index >= 15 is 0 Å². The Bertz CT molecular complexity index is 710. The van der Waals surface area contributed by atoms with Crippen molar-refractivity contribution < 1.29 is 14.3 Å². The SMILES string of the molecule is Nc1ccc2sc3cc(C(=O)O)oc3c2c1. The molecule has 1 aromatic carbocycles. The Morgan fingerprint density at radius 2 is 2.12 bits per heavy atom. The zero-order valence-electron chi connectivity index (χ0n) is 8.06. The van der Waals surface area contributed by atoms with Gasteiger partial charge in [0.2, 0.25) is 5.76 Å². The summed E-state index contributed by atoms with van der Waals surface area (Å²) < 4.78 is 7.17. The van der Waals surface area contributed by atoms with Crippen molar-refractivity contribution in [3.05, 3.63) is 30.0 Å². The van der Waals surface area contributed by atoms with Crippen molar-refractivity contribution in [1.29, 1.82) is 0 Å². The van der Waals surface area contributed by atoms with Crippen LogP contribution < -0.4 is 5.73 Å². The molecule has 0 spiro atoms. The molecule has 2 aromatic heterocycles. The number of anilines is 1. The largest absolute Gasteiger partial charge is 0.475 e. The van der Waals surface area contributed by atoms with Gasteiger partial charge in [-0.25, -0.2) is 4.79 Å². The molecule has 0 radical (unpaired) electrons. The highest BCUT2D eigenvalue weighted by molar-refractivity contribution is 7.25. The van der Waals surface area contributed by atoms with Crippen molar-refractivity contribution in [1.82, 2.24) is 0 Å². The number of rotatable bonds is 1. The summed E-state index contributed by atoms with van der Waals surface area (Å²) in [4.78, 5) is 10.8.